The molecule has 7 nitrogen and oxygen atoms in total. The first-order valence-corrected chi connectivity index (χ1v) is 10.7. The second kappa shape index (κ2) is 8.29. The first kappa shape index (κ1) is 21.5. The van der Waals surface area contributed by atoms with Crippen molar-refractivity contribution >= 4 is 62.2 Å². The maximum absolute atomic E-state index is 13.3. The number of carbonyl (C=O) groups is 2. The van der Waals surface area contributed by atoms with Gasteiger partial charge in [-0.1, -0.05) is 6.07 Å². The molecule has 2 aromatic rings. The molecule has 2 heterocycles. The molecule has 1 aromatic carbocycles. The summed E-state index contributed by atoms with van der Waals surface area (Å²) in [7, 11) is 0. The van der Waals surface area contributed by atoms with Gasteiger partial charge in [0.1, 0.15) is 5.69 Å². The molecule has 1 aliphatic heterocycles. The zero-order chi connectivity index (χ0) is 21.3. The number of esters is 1. The predicted octanol–water partition coefficient (Wildman–Crippen LogP) is 4.82. The number of hydrogen-bond donors (Lipinski definition) is 0. The predicted molar refractivity (Wildman–Crippen MR) is 116 cm³/mol. The molecule has 0 spiro atoms. The lowest BCUT2D eigenvalue weighted by Gasteiger charge is -2.29. The Balaban J connectivity index is 2.08. The topological polar surface area (TPSA) is 85.3 Å². The van der Waals surface area contributed by atoms with Gasteiger partial charge in [0.25, 0.3) is 11.1 Å². The zero-order valence-electron chi connectivity index (χ0n) is 15.8. The van der Waals surface area contributed by atoms with Crippen LogP contribution in [-0.2, 0) is 19.9 Å². The lowest BCUT2D eigenvalue weighted by Crippen LogP contribution is -2.50. The number of rotatable bonds is 5. The summed E-state index contributed by atoms with van der Waals surface area (Å²) < 4.78 is 12.0. The third-order valence-corrected chi connectivity index (χ3v) is 6.74. The number of nitroso groups, excluding NO2 is 1. The van der Waals surface area contributed by atoms with E-state index in [0.717, 1.165) is 8.69 Å². The van der Waals surface area contributed by atoms with Crippen LogP contribution in [0, 0.1) is 11.8 Å². The number of thiophene rings is 1. The number of halogens is 1. The first-order chi connectivity index (χ1) is 13.7. The van der Waals surface area contributed by atoms with Crippen LogP contribution in [0.4, 0.5) is 5.69 Å². The van der Waals surface area contributed by atoms with Gasteiger partial charge in [0.05, 0.1) is 15.3 Å². The van der Waals surface area contributed by atoms with Crippen LogP contribution in [-0.4, -0.2) is 34.6 Å². The van der Waals surface area contributed by atoms with Gasteiger partial charge < -0.3 is 9.47 Å². The molecule has 1 aromatic heterocycles. The largest absolute Gasteiger partial charge is 0.464 e. The molecular weight excluding hydrogens is 480 g/mol. The lowest BCUT2D eigenvalue weighted by atomic mass is 9.93. The minimum atomic E-state index is -1.22. The fourth-order valence-electron chi connectivity index (χ4n) is 3.14. The molecule has 0 aliphatic carbocycles. The van der Waals surface area contributed by atoms with Crippen LogP contribution >= 0.6 is 39.5 Å². The van der Waals surface area contributed by atoms with Gasteiger partial charge in [-0.25, -0.2) is 9.69 Å². The van der Waals surface area contributed by atoms with Gasteiger partial charge >= 0.3 is 5.97 Å². The fraction of sp³-hybridized carbons (Fsp3) is 0.316. The molecule has 1 saturated heterocycles. The molecule has 2 atom stereocenters. The average molecular weight is 497 g/mol. The monoisotopic (exact) mass is 496 g/mol. The number of ether oxygens (including phenoxy) is 2. The number of nitrogens with zero attached hydrogens (tertiary/aromatic N) is 2. The number of aryl methyl sites for hydroxylation is 1. The van der Waals surface area contributed by atoms with Gasteiger partial charge in [0, 0.05) is 5.56 Å². The molecule has 0 N–H and O–H groups in total. The van der Waals surface area contributed by atoms with E-state index in [9.17, 15) is 14.5 Å². The average Bonchev–Trinajstić information content (AvgIpc) is 3.23. The van der Waals surface area contributed by atoms with Crippen LogP contribution in [0.3, 0.4) is 0 Å². The van der Waals surface area contributed by atoms with E-state index in [1.165, 1.54) is 17.4 Å². The molecule has 1 aliphatic rings. The van der Waals surface area contributed by atoms with E-state index in [1.54, 1.807) is 39.0 Å². The van der Waals surface area contributed by atoms with E-state index in [2.05, 4.69) is 21.1 Å². The van der Waals surface area contributed by atoms with E-state index >= 15 is 0 Å². The van der Waals surface area contributed by atoms with Gasteiger partial charge in [0.2, 0.25) is 0 Å². The second-order valence-corrected chi connectivity index (χ2v) is 9.31. The summed E-state index contributed by atoms with van der Waals surface area (Å²) in [6.45, 7) is 5.22. The van der Waals surface area contributed by atoms with Crippen LogP contribution in [0.5, 0.6) is 0 Å². The summed E-state index contributed by atoms with van der Waals surface area (Å²) in [5.74, 6) is -1.20. The van der Waals surface area contributed by atoms with Gasteiger partial charge in [0.15, 0.2) is 11.6 Å². The molecule has 0 radical (unpaired) electrons. The highest BCUT2D eigenvalue weighted by Crippen LogP contribution is 2.44. The van der Waals surface area contributed by atoms with Crippen molar-refractivity contribution in [2.45, 2.75) is 32.4 Å². The third-order valence-electron chi connectivity index (χ3n) is 4.62. The zero-order valence-corrected chi connectivity index (χ0v) is 19.0. The van der Waals surface area contributed by atoms with E-state index in [1.807, 2.05) is 6.07 Å². The van der Waals surface area contributed by atoms with E-state index in [0.29, 0.717) is 10.4 Å². The summed E-state index contributed by atoms with van der Waals surface area (Å²) in [4.78, 5) is 39.0. The molecule has 10 heteroatoms. The van der Waals surface area contributed by atoms with Crippen molar-refractivity contribution in [1.29, 1.82) is 0 Å². The number of amides is 1. The maximum atomic E-state index is 13.3. The van der Waals surface area contributed by atoms with Crippen molar-refractivity contribution in [1.82, 2.24) is 4.90 Å². The van der Waals surface area contributed by atoms with Crippen LogP contribution < -0.4 is 0 Å². The standard InChI is InChI=1S/C19H17BrN2O5S2/c1-4-26-17(24)15-19(3,13-7-8-14(20)29-13)27-18(28)22(15)16(23)11-6-5-10(2)12(9-11)21-25/h5-9,15H,4H2,1-3H3. The summed E-state index contributed by atoms with van der Waals surface area (Å²) in [6, 6.07) is 7.03. The normalized spacial score (nSPS) is 21.0. The Bertz CT molecular complexity index is 1010. The Morgan fingerprint density at radius 2 is 2.10 bits per heavy atom. The van der Waals surface area contributed by atoms with Gasteiger partial charge in [-0.2, -0.15) is 0 Å². The SMILES string of the molecule is CCOC(=O)C1N(C(=O)c2ccc(C)c(N=O)c2)C(=S)OC1(C)c1ccc(Br)s1. The fourth-order valence-corrected chi connectivity index (χ4v) is 4.99. The number of benzene rings is 1. The lowest BCUT2D eigenvalue weighted by molar-refractivity contribution is -0.151. The number of hydrogen-bond acceptors (Lipinski definition) is 8. The summed E-state index contributed by atoms with van der Waals surface area (Å²) in [5.41, 5.74) is -0.278. The minimum absolute atomic E-state index is 0.137. The molecular formula is C19H17BrN2O5S2. The Morgan fingerprint density at radius 1 is 1.38 bits per heavy atom. The van der Waals surface area contributed by atoms with E-state index in [-0.39, 0.29) is 23.0 Å². The van der Waals surface area contributed by atoms with Crippen molar-refractivity contribution in [2.75, 3.05) is 6.61 Å². The quantitative estimate of drug-likeness (QED) is 0.335. The van der Waals surface area contributed by atoms with Crippen molar-refractivity contribution in [3.8, 4) is 0 Å². The Kier molecular flexibility index (Phi) is 6.16. The van der Waals surface area contributed by atoms with E-state index in [4.69, 9.17) is 21.7 Å². The first-order valence-electron chi connectivity index (χ1n) is 8.66. The van der Waals surface area contributed by atoms with Gasteiger partial charge in [-0.15, -0.1) is 16.2 Å². The molecule has 0 saturated carbocycles. The minimum Gasteiger partial charge on any atom is -0.464 e. The Hall–Kier alpha value is -2.17. The highest BCUT2D eigenvalue weighted by molar-refractivity contribution is 9.11. The van der Waals surface area contributed by atoms with Crippen LogP contribution in [0.15, 0.2) is 39.3 Å². The molecule has 1 amide bonds. The second-order valence-electron chi connectivity index (χ2n) is 6.50. The smallest absolute Gasteiger partial charge is 0.334 e. The van der Waals surface area contributed by atoms with E-state index < -0.39 is 23.5 Å². The summed E-state index contributed by atoms with van der Waals surface area (Å²) in [5, 5.41) is 2.80. The van der Waals surface area contributed by atoms with Crippen molar-refractivity contribution in [3.63, 3.8) is 0 Å². The summed E-state index contributed by atoms with van der Waals surface area (Å²) >= 11 is 10.1. The van der Waals surface area contributed by atoms with Gasteiger partial charge in [-0.3, -0.25) is 4.79 Å². The number of thiocarbonyl (C=S) groups is 1. The maximum Gasteiger partial charge on any atom is 0.334 e. The molecule has 0 bridgehead atoms. The van der Waals surface area contributed by atoms with Crippen molar-refractivity contribution < 1.29 is 19.1 Å². The van der Waals surface area contributed by atoms with Crippen LogP contribution in [0.1, 0.15) is 34.6 Å². The molecule has 2 unspecified atom stereocenters. The number of carbonyl (C=O) groups excluding carboxylic acids is 2. The van der Waals surface area contributed by atoms with Crippen molar-refractivity contribution in [2.24, 2.45) is 5.18 Å². The van der Waals surface area contributed by atoms with Crippen LogP contribution in [0.25, 0.3) is 0 Å². The molecule has 1 fully saturated rings. The van der Waals surface area contributed by atoms with Crippen molar-refractivity contribution in [3.05, 3.63) is 55.0 Å². The molecule has 29 heavy (non-hydrogen) atoms. The Labute approximate surface area is 185 Å². The Morgan fingerprint density at radius 3 is 2.69 bits per heavy atom. The third kappa shape index (κ3) is 3.84. The highest BCUT2D eigenvalue weighted by atomic mass is 79.9. The molecule has 152 valence electrons. The summed E-state index contributed by atoms with van der Waals surface area (Å²) in [6.07, 6.45) is 0. The van der Waals surface area contributed by atoms with Gasteiger partial charge in [-0.05, 0) is 83.9 Å². The molecule has 3 rings (SSSR count). The highest BCUT2D eigenvalue weighted by Gasteiger charge is 2.58. The van der Waals surface area contributed by atoms with Crippen LogP contribution in [0.2, 0.25) is 0 Å².